The first-order valence-corrected chi connectivity index (χ1v) is 5.76. The Morgan fingerprint density at radius 2 is 2.12 bits per heavy atom. The molecular formula is C13H20N2O2. The molecule has 0 heterocycles. The summed E-state index contributed by atoms with van der Waals surface area (Å²) in [5.74, 6) is 0.636. The van der Waals surface area contributed by atoms with Crippen molar-refractivity contribution in [3.8, 4) is 5.75 Å². The van der Waals surface area contributed by atoms with E-state index in [1.807, 2.05) is 12.1 Å². The second kappa shape index (κ2) is 6.13. The van der Waals surface area contributed by atoms with E-state index in [0.717, 1.165) is 24.1 Å². The van der Waals surface area contributed by atoms with E-state index in [1.165, 1.54) is 4.90 Å². The zero-order valence-corrected chi connectivity index (χ0v) is 10.7. The Labute approximate surface area is 102 Å². The molecule has 4 nitrogen and oxygen atoms in total. The molecule has 0 spiro atoms. The van der Waals surface area contributed by atoms with E-state index in [0.29, 0.717) is 5.75 Å². The number of carbonyl (C=O) groups excluding carboxylic acids is 1. The van der Waals surface area contributed by atoms with Crippen molar-refractivity contribution in [3.05, 3.63) is 23.8 Å². The Morgan fingerprint density at radius 1 is 1.41 bits per heavy atom. The lowest BCUT2D eigenvalue weighted by atomic mass is 10.1. The van der Waals surface area contributed by atoms with Gasteiger partial charge < -0.3 is 15.4 Å². The standard InChI is InChI=1S/C13H20N2O2/c1-4-5-10-8-11(6-7-12(10)14)17-9-13(16)15(2)3/h6-8H,4-5,9,14H2,1-3H3. The van der Waals surface area contributed by atoms with Gasteiger partial charge in [0.15, 0.2) is 6.61 Å². The second-order valence-electron chi connectivity index (χ2n) is 4.19. The van der Waals surface area contributed by atoms with Crippen LogP contribution in [0.5, 0.6) is 5.75 Å². The van der Waals surface area contributed by atoms with E-state index in [4.69, 9.17) is 10.5 Å². The average molecular weight is 236 g/mol. The van der Waals surface area contributed by atoms with Crippen molar-refractivity contribution in [3.63, 3.8) is 0 Å². The first-order chi connectivity index (χ1) is 8.04. The van der Waals surface area contributed by atoms with Gasteiger partial charge in [-0.3, -0.25) is 4.79 Å². The van der Waals surface area contributed by atoms with E-state index >= 15 is 0 Å². The molecule has 1 aromatic carbocycles. The van der Waals surface area contributed by atoms with Gasteiger partial charge in [0.05, 0.1) is 0 Å². The van der Waals surface area contributed by atoms with Crippen molar-refractivity contribution in [2.75, 3.05) is 26.4 Å². The SMILES string of the molecule is CCCc1cc(OCC(=O)N(C)C)ccc1N. The third-order valence-electron chi connectivity index (χ3n) is 2.49. The summed E-state index contributed by atoms with van der Waals surface area (Å²) in [7, 11) is 3.41. The number of carbonyl (C=O) groups is 1. The minimum atomic E-state index is -0.0566. The molecule has 2 N–H and O–H groups in total. The van der Waals surface area contributed by atoms with Gasteiger partial charge in [-0.25, -0.2) is 0 Å². The van der Waals surface area contributed by atoms with Gasteiger partial charge in [-0.05, 0) is 30.2 Å². The zero-order chi connectivity index (χ0) is 12.8. The van der Waals surface area contributed by atoms with Gasteiger partial charge in [0.1, 0.15) is 5.75 Å². The lowest BCUT2D eigenvalue weighted by Crippen LogP contribution is -2.27. The monoisotopic (exact) mass is 236 g/mol. The van der Waals surface area contributed by atoms with Gasteiger partial charge in [-0.1, -0.05) is 13.3 Å². The maximum atomic E-state index is 11.4. The molecule has 94 valence electrons. The Morgan fingerprint density at radius 3 is 2.71 bits per heavy atom. The molecule has 0 bridgehead atoms. The summed E-state index contributed by atoms with van der Waals surface area (Å²) in [5.41, 5.74) is 7.70. The molecule has 0 aliphatic heterocycles. The molecule has 1 amide bonds. The number of nitrogen functional groups attached to an aromatic ring is 1. The van der Waals surface area contributed by atoms with Crippen molar-refractivity contribution in [2.24, 2.45) is 0 Å². The van der Waals surface area contributed by atoms with Crippen LogP contribution in [-0.4, -0.2) is 31.5 Å². The van der Waals surface area contributed by atoms with Crippen LogP contribution in [0.25, 0.3) is 0 Å². The van der Waals surface area contributed by atoms with E-state index < -0.39 is 0 Å². The van der Waals surface area contributed by atoms with Crippen molar-refractivity contribution in [1.29, 1.82) is 0 Å². The number of rotatable bonds is 5. The number of nitrogens with zero attached hydrogens (tertiary/aromatic N) is 1. The minimum absolute atomic E-state index is 0.0566. The number of anilines is 1. The molecule has 0 atom stereocenters. The van der Waals surface area contributed by atoms with E-state index in [1.54, 1.807) is 20.2 Å². The van der Waals surface area contributed by atoms with Crippen molar-refractivity contribution >= 4 is 11.6 Å². The van der Waals surface area contributed by atoms with Crippen molar-refractivity contribution in [2.45, 2.75) is 19.8 Å². The number of likely N-dealkylation sites (N-methyl/N-ethyl adjacent to an activating group) is 1. The van der Waals surface area contributed by atoms with Crippen LogP contribution in [-0.2, 0) is 11.2 Å². The molecule has 17 heavy (non-hydrogen) atoms. The molecule has 0 aliphatic rings. The number of aryl methyl sites for hydroxylation is 1. The summed E-state index contributed by atoms with van der Waals surface area (Å²) < 4.78 is 5.42. The molecule has 0 fully saturated rings. The summed E-state index contributed by atoms with van der Waals surface area (Å²) in [6, 6.07) is 5.51. The third kappa shape index (κ3) is 3.98. The molecule has 0 unspecified atom stereocenters. The first kappa shape index (κ1) is 13.4. The van der Waals surface area contributed by atoms with Gasteiger partial charge in [0, 0.05) is 19.8 Å². The van der Waals surface area contributed by atoms with Crippen molar-refractivity contribution in [1.82, 2.24) is 4.90 Å². The fraction of sp³-hybridized carbons (Fsp3) is 0.462. The second-order valence-corrected chi connectivity index (χ2v) is 4.19. The van der Waals surface area contributed by atoms with Crippen LogP contribution < -0.4 is 10.5 Å². The number of benzene rings is 1. The fourth-order valence-corrected chi connectivity index (χ4v) is 1.43. The first-order valence-electron chi connectivity index (χ1n) is 5.76. The Bertz CT molecular complexity index is 389. The van der Waals surface area contributed by atoms with Crippen LogP contribution in [0.4, 0.5) is 5.69 Å². The van der Waals surface area contributed by atoms with Gasteiger partial charge in [-0.15, -0.1) is 0 Å². The van der Waals surface area contributed by atoms with Crippen LogP contribution in [0.1, 0.15) is 18.9 Å². The van der Waals surface area contributed by atoms with Crippen LogP contribution in [0.3, 0.4) is 0 Å². The summed E-state index contributed by atoms with van der Waals surface area (Å²) in [5, 5.41) is 0. The van der Waals surface area contributed by atoms with Gasteiger partial charge >= 0.3 is 0 Å². The highest BCUT2D eigenvalue weighted by Crippen LogP contribution is 2.21. The molecular weight excluding hydrogens is 216 g/mol. The molecule has 1 aromatic rings. The number of hydrogen-bond donors (Lipinski definition) is 1. The lowest BCUT2D eigenvalue weighted by molar-refractivity contribution is -0.130. The summed E-state index contributed by atoms with van der Waals surface area (Å²) in [4.78, 5) is 12.9. The maximum Gasteiger partial charge on any atom is 0.259 e. The molecule has 0 radical (unpaired) electrons. The van der Waals surface area contributed by atoms with Crippen LogP contribution in [0.2, 0.25) is 0 Å². The maximum absolute atomic E-state index is 11.4. The highest BCUT2D eigenvalue weighted by molar-refractivity contribution is 5.77. The summed E-state index contributed by atoms with van der Waals surface area (Å²) in [6.07, 6.45) is 1.95. The number of amides is 1. The van der Waals surface area contributed by atoms with Crippen LogP contribution in [0.15, 0.2) is 18.2 Å². The van der Waals surface area contributed by atoms with Gasteiger partial charge in [-0.2, -0.15) is 0 Å². The Balaban J connectivity index is 2.66. The number of nitrogens with two attached hydrogens (primary N) is 1. The Hall–Kier alpha value is -1.71. The van der Waals surface area contributed by atoms with E-state index in [2.05, 4.69) is 6.92 Å². The summed E-state index contributed by atoms with van der Waals surface area (Å²) >= 11 is 0. The molecule has 0 aliphatic carbocycles. The largest absolute Gasteiger partial charge is 0.484 e. The predicted octanol–water partition coefficient (Wildman–Crippen LogP) is 1.69. The molecule has 0 saturated carbocycles. The molecule has 4 heteroatoms. The molecule has 0 aromatic heterocycles. The molecule has 1 rings (SSSR count). The fourth-order valence-electron chi connectivity index (χ4n) is 1.43. The van der Waals surface area contributed by atoms with Crippen LogP contribution >= 0.6 is 0 Å². The third-order valence-corrected chi connectivity index (χ3v) is 2.49. The smallest absolute Gasteiger partial charge is 0.259 e. The quantitative estimate of drug-likeness (QED) is 0.791. The highest BCUT2D eigenvalue weighted by Gasteiger charge is 2.06. The number of hydrogen-bond acceptors (Lipinski definition) is 3. The zero-order valence-electron chi connectivity index (χ0n) is 10.7. The van der Waals surface area contributed by atoms with E-state index in [-0.39, 0.29) is 12.5 Å². The molecule has 0 saturated heterocycles. The van der Waals surface area contributed by atoms with E-state index in [9.17, 15) is 4.79 Å². The number of ether oxygens (including phenoxy) is 1. The highest BCUT2D eigenvalue weighted by atomic mass is 16.5. The van der Waals surface area contributed by atoms with Crippen LogP contribution in [0, 0.1) is 0 Å². The normalized spacial score (nSPS) is 10.1. The summed E-state index contributed by atoms with van der Waals surface area (Å²) in [6.45, 7) is 2.16. The Kier molecular flexibility index (Phi) is 4.82. The minimum Gasteiger partial charge on any atom is -0.484 e. The predicted molar refractivity (Wildman–Crippen MR) is 69.0 cm³/mol. The van der Waals surface area contributed by atoms with Gasteiger partial charge in [0.2, 0.25) is 0 Å². The van der Waals surface area contributed by atoms with Gasteiger partial charge in [0.25, 0.3) is 5.91 Å². The topological polar surface area (TPSA) is 55.6 Å². The van der Waals surface area contributed by atoms with Crippen molar-refractivity contribution < 1.29 is 9.53 Å². The average Bonchev–Trinajstić information content (AvgIpc) is 2.29. The lowest BCUT2D eigenvalue weighted by Gasteiger charge is -2.12.